The van der Waals surface area contributed by atoms with E-state index in [1.807, 2.05) is 6.92 Å². The number of alkyl carbamates (subject to hydrolysis) is 1. The highest BCUT2D eigenvalue weighted by molar-refractivity contribution is 5.70. The van der Waals surface area contributed by atoms with Gasteiger partial charge in [-0.2, -0.15) is 0 Å². The van der Waals surface area contributed by atoms with Crippen molar-refractivity contribution in [1.29, 1.82) is 0 Å². The molecule has 1 N–H and O–H groups in total. The molecule has 0 aromatic rings. The van der Waals surface area contributed by atoms with Crippen molar-refractivity contribution in [2.75, 3.05) is 6.61 Å². The molecule has 1 saturated heterocycles. The molecule has 1 aliphatic heterocycles. The van der Waals surface area contributed by atoms with Crippen LogP contribution in [0.5, 0.6) is 0 Å². The molecule has 1 amide bonds. The number of ether oxygens (including phenoxy) is 1. The third kappa shape index (κ3) is 1.22. The Kier molecular flexibility index (Phi) is 1.42. The SMILES string of the molecule is C=C(C)C1COC(=O)N1. The van der Waals surface area contributed by atoms with Gasteiger partial charge in [0, 0.05) is 0 Å². The summed E-state index contributed by atoms with van der Waals surface area (Å²) in [6.45, 7) is 5.96. The Bertz CT molecular complexity index is 153. The molecule has 1 rings (SSSR count). The lowest BCUT2D eigenvalue weighted by molar-refractivity contribution is 0.177. The second-order valence-electron chi connectivity index (χ2n) is 2.14. The number of hydrogen-bond acceptors (Lipinski definition) is 2. The molecule has 1 aliphatic rings. The Morgan fingerprint density at radius 3 is 2.89 bits per heavy atom. The molecular weight excluding hydrogens is 118 g/mol. The maximum absolute atomic E-state index is 10.4. The molecule has 50 valence electrons. The zero-order valence-corrected chi connectivity index (χ0v) is 5.31. The van der Waals surface area contributed by atoms with E-state index in [1.165, 1.54) is 0 Å². The minimum absolute atomic E-state index is 0.0255. The highest BCUT2D eigenvalue weighted by Crippen LogP contribution is 2.04. The molecular formula is C6H9NO2. The van der Waals surface area contributed by atoms with Gasteiger partial charge in [0.1, 0.15) is 6.61 Å². The van der Waals surface area contributed by atoms with Gasteiger partial charge in [-0.05, 0) is 6.92 Å². The zero-order valence-electron chi connectivity index (χ0n) is 5.31. The molecule has 3 nitrogen and oxygen atoms in total. The number of nitrogens with one attached hydrogen (secondary N) is 1. The predicted molar refractivity (Wildman–Crippen MR) is 33.1 cm³/mol. The molecule has 1 fully saturated rings. The highest BCUT2D eigenvalue weighted by Gasteiger charge is 2.21. The number of hydrogen-bond donors (Lipinski definition) is 1. The average molecular weight is 127 g/mol. The molecule has 1 atom stereocenters. The quantitative estimate of drug-likeness (QED) is 0.526. The van der Waals surface area contributed by atoms with Crippen molar-refractivity contribution in [2.45, 2.75) is 13.0 Å². The van der Waals surface area contributed by atoms with Gasteiger partial charge in [0.05, 0.1) is 6.04 Å². The van der Waals surface area contributed by atoms with E-state index >= 15 is 0 Å². The van der Waals surface area contributed by atoms with Crippen molar-refractivity contribution >= 4 is 6.09 Å². The molecule has 0 aromatic carbocycles. The predicted octanol–water partition coefficient (Wildman–Crippen LogP) is 0.671. The first-order valence-electron chi connectivity index (χ1n) is 2.79. The van der Waals surface area contributed by atoms with E-state index in [-0.39, 0.29) is 12.1 Å². The smallest absolute Gasteiger partial charge is 0.407 e. The lowest BCUT2D eigenvalue weighted by Crippen LogP contribution is -2.26. The van der Waals surface area contributed by atoms with E-state index in [4.69, 9.17) is 0 Å². The summed E-state index contributed by atoms with van der Waals surface area (Å²) in [5.74, 6) is 0. The Morgan fingerprint density at radius 2 is 2.67 bits per heavy atom. The van der Waals surface area contributed by atoms with Crippen LogP contribution in [0.2, 0.25) is 0 Å². The van der Waals surface area contributed by atoms with Crippen LogP contribution in [0.3, 0.4) is 0 Å². The monoisotopic (exact) mass is 127 g/mol. The fourth-order valence-corrected chi connectivity index (χ4v) is 0.650. The molecule has 9 heavy (non-hydrogen) atoms. The standard InChI is InChI=1S/C6H9NO2/c1-4(2)5-3-9-6(8)7-5/h5H,1,3H2,2H3,(H,7,8). The summed E-state index contributed by atoms with van der Waals surface area (Å²) in [6.07, 6.45) is -0.344. The van der Waals surface area contributed by atoms with Crippen LogP contribution < -0.4 is 5.32 Å². The van der Waals surface area contributed by atoms with Gasteiger partial charge in [-0.25, -0.2) is 4.79 Å². The van der Waals surface area contributed by atoms with Crippen molar-refractivity contribution in [3.63, 3.8) is 0 Å². The van der Waals surface area contributed by atoms with Crippen LogP contribution in [-0.4, -0.2) is 18.7 Å². The van der Waals surface area contributed by atoms with Gasteiger partial charge in [-0.1, -0.05) is 12.2 Å². The lowest BCUT2D eigenvalue weighted by atomic mass is 10.2. The summed E-state index contributed by atoms with van der Waals surface area (Å²) in [4.78, 5) is 10.4. The van der Waals surface area contributed by atoms with E-state index < -0.39 is 0 Å². The van der Waals surface area contributed by atoms with Gasteiger partial charge in [-0.3, -0.25) is 0 Å². The van der Waals surface area contributed by atoms with E-state index in [1.54, 1.807) is 0 Å². The summed E-state index contributed by atoms with van der Waals surface area (Å²) >= 11 is 0. The van der Waals surface area contributed by atoms with Gasteiger partial charge in [0.15, 0.2) is 0 Å². The normalized spacial score (nSPS) is 25.0. The van der Waals surface area contributed by atoms with Crippen LogP contribution in [0, 0.1) is 0 Å². The maximum atomic E-state index is 10.4. The third-order valence-corrected chi connectivity index (χ3v) is 1.27. The van der Waals surface area contributed by atoms with Crippen molar-refractivity contribution in [1.82, 2.24) is 5.32 Å². The van der Waals surface area contributed by atoms with Crippen LogP contribution in [0.4, 0.5) is 4.79 Å². The minimum Gasteiger partial charge on any atom is -0.447 e. The number of carbonyl (C=O) groups is 1. The molecule has 3 heteroatoms. The van der Waals surface area contributed by atoms with Crippen molar-refractivity contribution in [2.24, 2.45) is 0 Å². The van der Waals surface area contributed by atoms with Crippen LogP contribution in [0.25, 0.3) is 0 Å². The number of cyclic esters (lactones) is 1. The fourth-order valence-electron chi connectivity index (χ4n) is 0.650. The molecule has 1 unspecified atom stereocenters. The van der Waals surface area contributed by atoms with E-state index in [0.29, 0.717) is 6.61 Å². The third-order valence-electron chi connectivity index (χ3n) is 1.27. The summed E-state index contributed by atoms with van der Waals surface area (Å²) in [6, 6.07) is 0.0255. The van der Waals surface area contributed by atoms with Gasteiger partial charge >= 0.3 is 6.09 Å². The largest absolute Gasteiger partial charge is 0.447 e. The van der Waals surface area contributed by atoms with Gasteiger partial charge in [0.25, 0.3) is 0 Å². The van der Waals surface area contributed by atoms with Gasteiger partial charge < -0.3 is 10.1 Å². The van der Waals surface area contributed by atoms with Crippen molar-refractivity contribution in [3.05, 3.63) is 12.2 Å². The number of rotatable bonds is 1. The van der Waals surface area contributed by atoms with Crippen LogP contribution in [0.1, 0.15) is 6.92 Å². The zero-order chi connectivity index (χ0) is 6.85. The Hall–Kier alpha value is -0.990. The maximum Gasteiger partial charge on any atom is 0.407 e. The second-order valence-corrected chi connectivity index (χ2v) is 2.14. The topological polar surface area (TPSA) is 38.3 Å². The summed E-state index contributed by atoms with van der Waals surface area (Å²) in [7, 11) is 0. The van der Waals surface area contributed by atoms with Crippen LogP contribution in [0.15, 0.2) is 12.2 Å². The highest BCUT2D eigenvalue weighted by atomic mass is 16.6. The van der Waals surface area contributed by atoms with E-state index in [2.05, 4.69) is 16.6 Å². The molecule has 0 radical (unpaired) electrons. The van der Waals surface area contributed by atoms with E-state index in [0.717, 1.165) is 5.57 Å². The number of carbonyl (C=O) groups excluding carboxylic acids is 1. The molecule has 0 spiro atoms. The first kappa shape index (κ1) is 6.13. The average Bonchev–Trinajstić information content (AvgIpc) is 2.14. The Labute approximate surface area is 53.7 Å². The fraction of sp³-hybridized carbons (Fsp3) is 0.500. The molecule has 0 bridgehead atoms. The molecule has 0 aromatic heterocycles. The Morgan fingerprint density at radius 1 is 2.00 bits per heavy atom. The second kappa shape index (κ2) is 2.09. The Balaban J connectivity index is 2.48. The first-order valence-corrected chi connectivity index (χ1v) is 2.79. The molecule has 0 saturated carbocycles. The lowest BCUT2D eigenvalue weighted by Gasteiger charge is -2.03. The van der Waals surface area contributed by atoms with Crippen LogP contribution in [-0.2, 0) is 4.74 Å². The van der Waals surface area contributed by atoms with E-state index in [9.17, 15) is 4.79 Å². The van der Waals surface area contributed by atoms with Crippen molar-refractivity contribution < 1.29 is 9.53 Å². The number of amides is 1. The van der Waals surface area contributed by atoms with Gasteiger partial charge in [0.2, 0.25) is 0 Å². The first-order chi connectivity index (χ1) is 4.20. The van der Waals surface area contributed by atoms with Crippen LogP contribution >= 0.6 is 0 Å². The molecule has 1 heterocycles. The summed E-state index contributed by atoms with van der Waals surface area (Å²) < 4.78 is 4.62. The molecule has 0 aliphatic carbocycles. The summed E-state index contributed by atoms with van der Waals surface area (Å²) in [5, 5.41) is 2.59. The summed E-state index contributed by atoms with van der Waals surface area (Å²) in [5.41, 5.74) is 0.931. The van der Waals surface area contributed by atoms with Gasteiger partial charge in [-0.15, -0.1) is 0 Å². The van der Waals surface area contributed by atoms with Crippen molar-refractivity contribution in [3.8, 4) is 0 Å². The minimum atomic E-state index is -0.344.